The minimum Gasteiger partial charge on any atom is -0.507 e. The Kier molecular flexibility index (Phi) is 6.42. The lowest BCUT2D eigenvalue weighted by molar-refractivity contribution is -0.140. The van der Waals surface area contributed by atoms with Crippen molar-refractivity contribution in [3.63, 3.8) is 0 Å². The van der Waals surface area contributed by atoms with Crippen molar-refractivity contribution in [2.24, 2.45) is 0 Å². The third-order valence-electron chi connectivity index (χ3n) is 5.12. The first-order valence-electron chi connectivity index (χ1n) is 9.60. The van der Waals surface area contributed by atoms with Gasteiger partial charge >= 0.3 is 0 Å². The molecular formula is C23H26N2O5. The number of hydrogen-bond acceptors (Lipinski definition) is 6. The molecule has 1 aliphatic heterocycles. The summed E-state index contributed by atoms with van der Waals surface area (Å²) in [7, 11) is 6.80. The minimum absolute atomic E-state index is 0.0211. The largest absolute Gasteiger partial charge is 0.507 e. The van der Waals surface area contributed by atoms with E-state index in [0.717, 1.165) is 0 Å². The zero-order valence-corrected chi connectivity index (χ0v) is 17.6. The average Bonchev–Trinajstić information content (AvgIpc) is 3.01. The molecule has 2 aromatic rings. The monoisotopic (exact) mass is 410 g/mol. The number of likely N-dealkylation sites (tertiary alicyclic amines) is 1. The van der Waals surface area contributed by atoms with Crippen LogP contribution < -0.4 is 9.47 Å². The predicted octanol–water partition coefficient (Wildman–Crippen LogP) is 2.69. The topological polar surface area (TPSA) is 79.3 Å². The van der Waals surface area contributed by atoms with E-state index in [1.54, 1.807) is 36.4 Å². The van der Waals surface area contributed by atoms with E-state index >= 15 is 0 Å². The molecule has 158 valence electrons. The van der Waals surface area contributed by atoms with Crippen LogP contribution in [0, 0.1) is 0 Å². The van der Waals surface area contributed by atoms with E-state index in [1.807, 2.05) is 31.1 Å². The van der Waals surface area contributed by atoms with Crippen LogP contribution >= 0.6 is 0 Å². The molecule has 1 unspecified atom stereocenters. The first-order chi connectivity index (χ1) is 14.4. The number of para-hydroxylation sites is 2. The number of likely N-dealkylation sites (N-methyl/N-ethyl adjacent to an activating group) is 1. The van der Waals surface area contributed by atoms with Gasteiger partial charge in [0, 0.05) is 18.7 Å². The summed E-state index contributed by atoms with van der Waals surface area (Å²) >= 11 is 0. The fraction of sp³-hybridized carbons (Fsp3) is 0.304. The van der Waals surface area contributed by atoms with Crippen LogP contribution in [0.4, 0.5) is 0 Å². The Morgan fingerprint density at radius 3 is 2.23 bits per heavy atom. The molecule has 1 aliphatic rings. The minimum atomic E-state index is -0.772. The standard InChI is InChI=1S/C23H26N2O5/c1-24(2)13-14-25-20(15-9-5-7-11-17(15)29-3)19(22(27)23(25)28)21(26)16-10-6-8-12-18(16)30-4/h5-12,20,26H,13-14H2,1-4H3/b21-19+. The van der Waals surface area contributed by atoms with Crippen LogP contribution in [0.5, 0.6) is 11.5 Å². The Morgan fingerprint density at radius 2 is 1.60 bits per heavy atom. The average molecular weight is 410 g/mol. The molecule has 0 bridgehead atoms. The fourth-order valence-electron chi connectivity index (χ4n) is 3.62. The number of methoxy groups -OCH3 is 2. The second kappa shape index (κ2) is 9.00. The maximum Gasteiger partial charge on any atom is 0.295 e. The third-order valence-corrected chi connectivity index (χ3v) is 5.12. The van der Waals surface area contributed by atoms with Crippen molar-refractivity contribution in [2.75, 3.05) is 41.4 Å². The molecule has 0 spiro atoms. The van der Waals surface area contributed by atoms with Gasteiger partial charge in [-0.15, -0.1) is 0 Å². The van der Waals surface area contributed by atoms with Gasteiger partial charge in [-0.2, -0.15) is 0 Å². The van der Waals surface area contributed by atoms with Crippen LogP contribution in [-0.2, 0) is 9.59 Å². The van der Waals surface area contributed by atoms with Gasteiger partial charge in [0.05, 0.1) is 31.4 Å². The number of ketones is 1. The van der Waals surface area contributed by atoms with E-state index in [0.29, 0.717) is 35.7 Å². The number of carbonyl (C=O) groups excluding carboxylic acids is 2. The van der Waals surface area contributed by atoms with Crippen molar-refractivity contribution in [1.82, 2.24) is 9.80 Å². The molecule has 0 aromatic heterocycles. The van der Waals surface area contributed by atoms with Gasteiger partial charge in [0.2, 0.25) is 0 Å². The molecule has 0 radical (unpaired) electrons. The molecule has 0 saturated carbocycles. The lowest BCUT2D eigenvalue weighted by Gasteiger charge is -2.27. The zero-order valence-electron chi connectivity index (χ0n) is 17.6. The Bertz CT molecular complexity index is 983. The van der Waals surface area contributed by atoms with E-state index in [1.165, 1.54) is 19.1 Å². The fourth-order valence-corrected chi connectivity index (χ4v) is 3.62. The van der Waals surface area contributed by atoms with Gasteiger partial charge < -0.3 is 24.4 Å². The maximum absolute atomic E-state index is 13.1. The van der Waals surface area contributed by atoms with Crippen molar-refractivity contribution < 1.29 is 24.2 Å². The maximum atomic E-state index is 13.1. The summed E-state index contributed by atoms with van der Waals surface area (Å²) in [6, 6.07) is 13.3. The summed E-state index contributed by atoms with van der Waals surface area (Å²) in [6.45, 7) is 0.885. The molecule has 3 rings (SSSR count). The summed E-state index contributed by atoms with van der Waals surface area (Å²) in [5, 5.41) is 11.2. The number of ether oxygens (including phenoxy) is 2. The van der Waals surface area contributed by atoms with Gasteiger partial charge in [0.15, 0.2) is 0 Å². The highest BCUT2D eigenvalue weighted by Gasteiger charge is 2.47. The molecule has 1 fully saturated rings. The number of aliphatic hydroxyl groups is 1. The zero-order chi connectivity index (χ0) is 21.8. The van der Waals surface area contributed by atoms with Crippen LogP contribution in [-0.4, -0.2) is 68.0 Å². The Hall–Kier alpha value is -3.32. The number of nitrogens with zero attached hydrogens (tertiary/aromatic N) is 2. The molecule has 7 nitrogen and oxygen atoms in total. The Morgan fingerprint density at radius 1 is 1.00 bits per heavy atom. The van der Waals surface area contributed by atoms with Crippen molar-refractivity contribution in [3.8, 4) is 11.5 Å². The first-order valence-corrected chi connectivity index (χ1v) is 9.60. The second-order valence-electron chi connectivity index (χ2n) is 7.24. The van der Waals surface area contributed by atoms with Crippen LogP contribution in [0.3, 0.4) is 0 Å². The van der Waals surface area contributed by atoms with E-state index in [9.17, 15) is 14.7 Å². The third kappa shape index (κ3) is 3.89. The quantitative estimate of drug-likeness (QED) is 0.430. The van der Waals surface area contributed by atoms with Gasteiger partial charge in [0.25, 0.3) is 11.7 Å². The van der Waals surface area contributed by atoms with E-state index in [4.69, 9.17) is 9.47 Å². The molecule has 1 atom stereocenters. The summed E-state index contributed by atoms with van der Waals surface area (Å²) in [5.41, 5.74) is 1.01. The number of benzene rings is 2. The van der Waals surface area contributed by atoms with Crippen LogP contribution in [0.15, 0.2) is 54.1 Å². The number of Topliss-reactive ketones (excluding diaryl/α,β-unsaturated/α-hetero) is 1. The number of carbonyl (C=O) groups is 2. The summed E-state index contributed by atoms with van der Waals surface area (Å²) in [6.07, 6.45) is 0. The van der Waals surface area contributed by atoms with Crippen LogP contribution in [0.2, 0.25) is 0 Å². The van der Waals surface area contributed by atoms with Crippen molar-refractivity contribution in [2.45, 2.75) is 6.04 Å². The van der Waals surface area contributed by atoms with E-state index in [-0.39, 0.29) is 11.3 Å². The molecular weight excluding hydrogens is 384 g/mol. The van der Waals surface area contributed by atoms with Gasteiger partial charge in [-0.3, -0.25) is 9.59 Å². The van der Waals surface area contributed by atoms with Gasteiger partial charge in [0.1, 0.15) is 17.3 Å². The molecule has 1 saturated heterocycles. The Balaban J connectivity index is 2.23. The highest BCUT2D eigenvalue weighted by atomic mass is 16.5. The van der Waals surface area contributed by atoms with Gasteiger partial charge in [-0.05, 0) is 32.3 Å². The second-order valence-corrected chi connectivity index (χ2v) is 7.24. The SMILES string of the molecule is COc1ccccc1/C(O)=C1\C(=O)C(=O)N(CCN(C)C)C1c1ccccc1OC. The summed E-state index contributed by atoms with van der Waals surface area (Å²) in [4.78, 5) is 29.4. The molecule has 2 aromatic carbocycles. The van der Waals surface area contributed by atoms with E-state index in [2.05, 4.69) is 0 Å². The highest BCUT2D eigenvalue weighted by Crippen LogP contribution is 2.43. The van der Waals surface area contributed by atoms with Crippen LogP contribution in [0.1, 0.15) is 17.2 Å². The molecule has 1 amide bonds. The molecule has 7 heteroatoms. The van der Waals surface area contributed by atoms with Crippen molar-refractivity contribution in [3.05, 3.63) is 65.2 Å². The van der Waals surface area contributed by atoms with E-state index < -0.39 is 17.7 Å². The van der Waals surface area contributed by atoms with Crippen LogP contribution in [0.25, 0.3) is 5.76 Å². The molecule has 0 aliphatic carbocycles. The van der Waals surface area contributed by atoms with Gasteiger partial charge in [-0.25, -0.2) is 0 Å². The van der Waals surface area contributed by atoms with Gasteiger partial charge in [-0.1, -0.05) is 30.3 Å². The summed E-state index contributed by atoms with van der Waals surface area (Å²) in [5.74, 6) is -0.704. The molecule has 30 heavy (non-hydrogen) atoms. The lowest BCUT2D eigenvalue weighted by atomic mass is 9.94. The number of rotatable bonds is 7. The smallest absolute Gasteiger partial charge is 0.295 e. The number of aliphatic hydroxyl groups excluding tert-OH is 1. The van der Waals surface area contributed by atoms with Crippen molar-refractivity contribution in [1.29, 1.82) is 0 Å². The normalized spacial score (nSPS) is 18.2. The highest BCUT2D eigenvalue weighted by molar-refractivity contribution is 6.46. The lowest BCUT2D eigenvalue weighted by Crippen LogP contribution is -2.35. The van der Waals surface area contributed by atoms with Crippen molar-refractivity contribution >= 4 is 17.4 Å². The number of hydrogen-bond donors (Lipinski definition) is 1. The first kappa shape index (κ1) is 21.4. The molecule has 1 heterocycles. The predicted molar refractivity (Wildman–Crippen MR) is 114 cm³/mol. The number of amides is 1. The summed E-state index contributed by atoms with van der Waals surface area (Å²) < 4.78 is 10.8. The Labute approximate surface area is 176 Å². The molecule has 1 N–H and O–H groups in total.